The van der Waals surface area contributed by atoms with Gasteiger partial charge >= 0.3 is 0 Å². The maximum absolute atomic E-state index is 11.9. The first-order chi connectivity index (χ1) is 8.20. The van der Waals surface area contributed by atoms with Crippen LogP contribution in [0.25, 0.3) is 0 Å². The SMILES string of the molecule is Cc1noc(C)c1CNC(C)C(=O)NC(C)(C)C. The molecular weight excluding hydrogens is 230 g/mol. The summed E-state index contributed by atoms with van der Waals surface area (Å²) in [5.41, 5.74) is 1.67. The molecular formula is C13H23N3O2. The van der Waals surface area contributed by atoms with Crippen molar-refractivity contribution in [1.82, 2.24) is 15.8 Å². The van der Waals surface area contributed by atoms with Crippen molar-refractivity contribution in [3.05, 3.63) is 17.0 Å². The van der Waals surface area contributed by atoms with Gasteiger partial charge in [0.05, 0.1) is 11.7 Å². The number of hydrogen-bond donors (Lipinski definition) is 2. The Balaban J connectivity index is 2.51. The van der Waals surface area contributed by atoms with Crippen LogP contribution < -0.4 is 10.6 Å². The average molecular weight is 253 g/mol. The van der Waals surface area contributed by atoms with Crippen LogP contribution in [0.15, 0.2) is 4.52 Å². The molecule has 1 aromatic heterocycles. The van der Waals surface area contributed by atoms with Crippen molar-refractivity contribution in [2.75, 3.05) is 0 Å². The minimum atomic E-state index is -0.252. The van der Waals surface area contributed by atoms with E-state index >= 15 is 0 Å². The molecule has 5 nitrogen and oxygen atoms in total. The Labute approximate surface area is 108 Å². The number of amides is 1. The first-order valence-electron chi connectivity index (χ1n) is 6.18. The minimum Gasteiger partial charge on any atom is -0.361 e. The molecule has 0 saturated carbocycles. The van der Waals surface area contributed by atoms with E-state index in [0.29, 0.717) is 6.54 Å². The molecule has 0 aromatic carbocycles. The van der Waals surface area contributed by atoms with E-state index in [9.17, 15) is 4.79 Å². The van der Waals surface area contributed by atoms with Gasteiger partial charge in [0, 0.05) is 17.6 Å². The van der Waals surface area contributed by atoms with Crippen LogP contribution in [-0.2, 0) is 11.3 Å². The molecule has 1 rings (SSSR count). The van der Waals surface area contributed by atoms with Crippen LogP contribution in [0.3, 0.4) is 0 Å². The number of aryl methyl sites for hydroxylation is 2. The van der Waals surface area contributed by atoms with E-state index in [-0.39, 0.29) is 17.5 Å². The van der Waals surface area contributed by atoms with Gasteiger partial charge in [-0.05, 0) is 41.5 Å². The lowest BCUT2D eigenvalue weighted by Gasteiger charge is -2.23. The quantitative estimate of drug-likeness (QED) is 0.857. The monoisotopic (exact) mass is 253 g/mol. The molecule has 1 amide bonds. The number of hydrogen-bond acceptors (Lipinski definition) is 4. The van der Waals surface area contributed by atoms with Gasteiger partial charge in [-0.1, -0.05) is 5.16 Å². The maximum atomic E-state index is 11.9. The van der Waals surface area contributed by atoms with Gasteiger partial charge in [0.2, 0.25) is 5.91 Å². The summed E-state index contributed by atoms with van der Waals surface area (Å²) in [6.45, 7) is 12.1. The molecule has 5 heteroatoms. The van der Waals surface area contributed by atoms with E-state index in [4.69, 9.17) is 4.52 Å². The Bertz CT molecular complexity index is 399. The first kappa shape index (κ1) is 14.7. The number of nitrogens with zero attached hydrogens (tertiary/aromatic N) is 1. The predicted octanol–water partition coefficient (Wildman–Crippen LogP) is 1.68. The lowest BCUT2D eigenvalue weighted by atomic mass is 10.1. The number of carbonyl (C=O) groups excluding carboxylic acids is 1. The van der Waals surface area contributed by atoms with Gasteiger partial charge in [-0.15, -0.1) is 0 Å². The average Bonchev–Trinajstić information content (AvgIpc) is 2.53. The molecule has 0 spiro atoms. The lowest BCUT2D eigenvalue weighted by molar-refractivity contribution is -0.124. The van der Waals surface area contributed by atoms with Gasteiger partial charge in [0.15, 0.2) is 0 Å². The Morgan fingerprint density at radius 1 is 1.39 bits per heavy atom. The molecule has 0 saturated heterocycles. The summed E-state index contributed by atoms with van der Waals surface area (Å²) in [6, 6.07) is -0.252. The van der Waals surface area contributed by atoms with Crippen molar-refractivity contribution in [2.45, 2.75) is 59.7 Å². The van der Waals surface area contributed by atoms with E-state index in [1.54, 1.807) is 0 Å². The number of nitrogens with one attached hydrogen (secondary N) is 2. The highest BCUT2D eigenvalue weighted by atomic mass is 16.5. The molecule has 18 heavy (non-hydrogen) atoms. The molecule has 0 fully saturated rings. The van der Waals surface area contributed by atoms with Crippen molar-refractivity contribution >= 4 is 5.91 Å². The van der Waals surface area contributed by atoms with E-state index in [1.807, 2.05) is 41.5 Å². The van der Waals surface area contributed by atoms with E-state index in [1.165, 1.54) is 0 Å². The van der Waals surface area contributed by atoms with Crippen LogP contribution in [0.4, 0.5) is 0 Å². The summed E-state index contributed by atoms with van der Waals surface area (Å²) >= 11 is 0. The van der Waals surface area contributed by atoms with Crippen LogP contribution in [0.2, 0.25) is 0 Å². The molecule has 2 N–H and O–H groups in total. The van der Waals surface area contributed by atoms with Crippen molar-refractivity contribution in [2.24, 2.45) is 0 Å². The van der Waals surface area contributed by atoms with Crippen molar-refractivity contribution in [3.8, 4) is 0 Å². The molecule has 0 bridgehead atoms. The van der Waals surface area contributed by atoms with Gasteiger partial charge in [-0.3, -0.25) is 4.79 Å². The Morgan fingerprint density at radius 2 is 2.00 bits per heavy atom. The third kappa shape index (κ3) is 4.14. The first-order valence-corrected chi connectivity index (χ1v) is 6.18. The van der Waals surface area contributed by atoms with E-state index in [0.717, 1.165) is 17.0 Å². The van der Waals surface area contributed by atoms with Gasteiger partial charge in [-0.2, -0.15) is 0 Å². The van der Waals surface area contributed by atoms with Gasteiger partial charge in [-0.25, -0.2) is 0 Å². The fraction of sp³-hybridized carbons (Fsp3) is 0.692. The molecule has 0 aliphatic heterocycles. The largest absolute Gasteiger partial charge is 0.361 e. The van der Waals surface area contributed by atoms with Crippen LogP contribution in [0, 0.1) is 13.8 Å². The second kappa shape index (κ2) is 5.52. The second-order valence-corrected chi connectivity index (χ2v) is 5.64. The highest BCUT2D eigenvalue weighted by Gasteiger charge is 2.19. The Kier molecular flexibility index (Phi) is 4.51. The van der Waals surface area contributed by atoms with Gasteiger partial charge < -0.3 is 15.2 Å². The van der Waals surface area contributed by atoms with Gasteiger partial charge in [0.1, 0.15) is 5.76 Å². The van der Waals surface area contributed by atoms with Crippen molar-refractivity contribution < 1.29 is 9.32 Å². The summed E-state index contributed by atoms with van der Waals surface area (Å²) < 4.78 is 5.08. The Hall–Kier alpha value is -1.36. The topological polar surface area (TPSA) is 67.2 Å². The molecule has 1 aromatic rings. The molecule has 1 unspecified atom stereocenters. The summed E-state index contributed by atoms with van der Waals surface area (Å²) in [5, 5.41) is 10.00. The van der Waals surface area contributed by atoms with E-state index in [2.05, 4.69) is 15.8 Å². The number of carbonyl (C=O) groups is 1. The van der Waals surface area contributed by atoms with Crippen LogP contribution in [0.5, 0.6) is 0 Å². The minimum absolute atomic E-state index is 0.00531. The number of rotatable bonds is 4. The molecule has 1 heterocycles. The molecule has 0 aliphatic carbocycles. The fourth-order valence-electron chi connectivity index (χ4n) is 1.58. The third-order valence-electron chi connectivity index (χ3n) is 2.66. The Morgan fingerprint density at radius 3 is 2.44 bits per heavy atom. The summed E-state index contributed by atoms with van der Waals surface area (Å²) in [6.07, 6.45) is 0. The smallest absolute Gasteiger partial charge is 0.237 e. The zero-order valence-electron chi connectivity index (χ0n) is 12.0. The summed E-state index contributed by atoms with van der Waals surface area (Å²) in [7, 11) is 0. The lowest BCUT2D eigenvalue weighted by Crippen LogP contribution is -2.49. The number of aromatic nitrogens is 1. The normalized spacial score (nSPS) is 13.4. The van der Waals surface area contributed by atoms with Crippen LogP contribution in [0.1, 0.15) is 44.7 Å². The zero-order chi connectivity index (χ0) is 13.9. The second-order valence-electron chi connectivity index (χ2n) is 5.64. The van der Waals surface area contributed by atoms with Crippen LogP contribution in [-0.4, -0.2) is 22.6 Å². The zero-order valence-corrected chi connectivity index (χ0v) is 12.0. The molecule has 102 valence electrons. The predicted molar refractivity (Wildman–Crippen MR) is 70.2 cm³/mol. The highest BCUT2D eigenvalue weighted by Crippen LogP contribution is 2.11. The molecule has 0 radical (unpaired) electrons. The molecule has 0 aliphatic rings. The van der Waals surface area contributed by atoms with Crippen molar-refractivity contribution in [1.29, 1.82) is 0 Å². The highest BCUT2D eigenvalue weighted by molar-refractivity contribution is 5.81. The van der Waals surface area contributed by atoms with Gasteiger partial charge in [0.25, 0.3) is 0 Å². The fourth-order valence-corrected chi connectivity index (χ4v) is 1.58. The standard InChI is InChI=1S/C13H23N3O2/c1-8-11(10(3)18-16-8)7-14-9(2)12(17)15-13(4,5)6/h9,14H,7H2,1-6H3,(H,15,17). The third-order valence-corrected chi connectivity index (χ3v) is 2.66. The molecule has 1 atom stereocenters. The van der Waals surface area contributed by atoms with Crippen molar-refractivity contribution in [3.63, 3.8) is 0 Å². The maximum Gasteiger partial charge on any atom is 0.237 e. The summed E-state index contributed by atoms with van der Waals surface area (Å²) in [5.74, 6) is 0.790. The van der Waals surface area contributed by atoms with Crippen LogP contribution >= 0.6 is 0 Å². The van der Waals surface area contributed by atoms with E-state index < -0.39 is 0 Å². The summed E-state index contributed by atoms with van der Waals surface area (Å²) in [4.78, 5) is 11.9.